The minimum atomic E-state index is -0.982. The lowest BCUT2D eigenvalue weighted by Gasteiger charge is -2.39. The van der Waals surface area contributed by atoms with Crippen LogP contribution in [-0.4, -0.2) is 51.6 Å². The topological polar surface area (TPSA) is 108 Å². The number of nitrogens with zero attached hydrogens (tertiary/aromatic N) is 1. The van der Waals surface area contributed by atoms with Gasteiger partial charge in [0.05, 0.1) is 0 Å². The monoisotopic (exact) mass is 581 g/mol. The van der Waals surface area contributed by atoms with Crippen molar-refractivity contribution < 1.29 is 24.2 Å². The fraction of sp³-hybridized carbons (Fsp3) is 0.559. The fourth-order valence-corrected chi connectivity index (χ4v) is 4.91. The highest BCUT2D eigenvalue weighted by molar-refractivity contribution is 5.92. The summed E-state index contributed by atoms with van der Waals surface area (Å²) in [6, 6.07) is 13.5. The van der Waals surface area contributed by atoms with Gasteiger partial charge < -0.3 is 25.4 Å². The number of aromatic hydroxyl groups is 1. The second-order valence-electron chi connectivity index (χ2n) is 12.6. The number of rotatable bonds is 14. The Morgan fingerprint density at radius 3 is 2.05 bits per heavy atom. The van der Waals surface area contributed by atoms with Crippen molar-refractivity contribution in [2.75, 3.05) is 0 Å². The van der Waals surface area contributed by atoms with Gasteiger partial charge in [-0.15, -0.1) is 0 Å². The SMILES string of the molecule is CCCC(C)NC(=O)C(c1ccc(O)cc1)N(C(=O)C(Cc1ccccc1)NC(=O)OC(C)(C)C)C(C)CCC(C)C. The maximum absolute atomic E-state index is 14.7. The van der Waals surface area contributed by atoms with Gasteiger partial charge in [-0.25, -0.2) is 4.79 Å². The molecular weight excluding hydrogens is 530 g/mol. The number of hydrogen-bond acceptors (Lipinski definition) is 5. The molecule has 232 valence electrons. The molecule has 0 aliphatic heterocycles. The molecule has 0 aliphatic rings. The van der Waals surface area contributed by atoms with Gasteiger partial charge >= 0.3 is 6.09 Å². The van der Waals surface area contributed by atoms with Crippen molar-refractivity contribution in [3.8, 4) is 5.75 Å². The van der Waals surface area contributed by atoms with Crippen LogP contribution in [0.15, 0.2) is 54.6 Å². The van der Waals surface area contributed by atoms with Crippen LogP contribution in [0.2, 0.25) is 0 Å². The van der Waals surface area contributed by atoms with Crippen LogP contribution in [0.1, 0.15) is 98.2 Å². The summed E-state index contributed by atoms with van der Waals surface area (Å²) in [5.41, 5.74) is 0.691. The lowest BCUT2D eigenvalue weighted by atomic mass is 9.95. The van der Waals surface area contributed by atoms with Gasteiger partial charge in [0, 0.05) is 18.5 Å². The third kappa shape index (κ3) is 11.4. The zero-order chi connectivity index (χ0) is 31.4. The number of benzene rings is 2. The van der Waals surface area contributed by atoms with Crippen LogP contribution in [0.3, 0.4) is 0 Å². The Hall–Kier alpha value is -3.55. The van der Waals surface area contributed by atoms with Crippen molar-refractivity contribution in [2.45, 2.75) is 117 Å². The molecule has 0 spiro atoms. The van der Waals surface area contributed by atoms with Crippen LogP contribution < -0.4 is 10.6 Å². The van der Waals surface area contributed by atoms with Crippen molar-refractivity contribution in [1.29, 1.82) is 0 Å². The Morgan fingerprint density at radius 2 is 1.50 bits per heavy atom. The van der Waals surface area contributed by atoms with Crippen LogP contribution in [0.4, 0.5) is 4.79 Å². The highest BCUT2D eigenvalue weighted by atomic mass is 16.6. The number of amides is 3. The van der Waals surface area contributed by atoms with E-state index in [0.717, 1.165) is 24.8 Å². The lowest BCUT2D eigenvalue weighted by Crippen LogP contribution is -2.56. The van der Waals surface area contributed by atoms with E-state index >= 15 is 0 Å². The largest absolute Gasteiger partial charge is 0.508 e. The van der Waals surface area contributed by atoms with E-state index in [2.05, 4.69) is 31.4 Å². The van der Waals surface area contributed by atoms with Crippen LogP contribution in [0, 0.1) is 5.92 Å². The number of ether oxygens (including phenoxy) is 1. The fourth-order valence-electron chi connectivity index (χ4n) is 4.91. The number of phenols is 1. The molecule has 3 amide bonds. The van der Waals surface area contributed by atoms with Crippen LogP contribution in [0.25, 0.3) is 0 Å². The van der Waals surface area contributed by atoms with Gasteiger partial charge in [0.25, 0.3) is 0 Å². The predicted molar refractivity (Wildman–Crippen MR) is 167 cm³/mol. The highest BCUT2D eigenvalue weighted by Crippen LogP contribution is 2.29. The van der Waals surface area contributed by atoms with Crippen molar-refractivity contribution >= 4 is 17.9 Å². The van der Waals surface area contributed by atoms with E-state index in [1.165, 1.54) is 12.1 Å². The molecule has 0 saturated heterocycles. The minimum absolute atomic E-state index is 0.0662. The van der Waals surface area contributed by atoms with Crippen molar-refractivity contribution in [2.24, 2.45) is 5.92 Å². The highest BCUT2D eigenvalue weighted by Gasteiger charge is 2.39. The normalized spacial score (nSPS) is 14.4. The summed E-state index contributed by atoms with van der Waals surface area (Å²) in [5, 5.41) is 15.9. The third-order valence-electron chi connectivity index (χ3n) is 7.01. The molecule has 2 aromatic rings. The molecule has 42 heavy (non-hydrogen) atoms. The average Bonchev–Trinajstić information content (AvgIpc) is 2.89. The summed E-state index contributed by atoms with van der Waals surface area (Å²) in [5.74, 6) is -0.217. The molecule has 0 aromatic heterocycles. The molecule has 0 aliphatic carbocycles. The summed E-state index contributed by atoms with van der Waals surface area (Å²) < 4.78 is 5.53. The molecule has 0 heterocycles. The zero-order valence-corrected chi connectivity index (χ0v) is 26.6. The smallest absolute Gasteiger partial charge is 0.408 e. The number of nitrogens with one attached hydrogen (secondary N) is 2. The second kappa shape index (κ2) is 16.2. The Morgan fingerprint density at radius 1 is 0.881 bits per heavy atom. The summed E-state index contributed by atoms with van der Waals surface area (Å²) in [6.45, 7) is 15.5. The van der Waals surface area contributed by atoms with Crippen LogP contribution in [0.5, 0.6) is 5.75 Å². The Labute approximate surface area is 252 Å². The van der Waals surface area contributed by atoms with Gasteiger partial charge in [-0.05, 0) is 83.1 Å². The van der Waals surface area contributed by atoms with E-state index < -0.39 is 23.8 Å². The first-order chi connectivity index (χ1) is 19.7. The second-order valence-corrected chi connectivity index (χ2v) is 12.6. The molecule has 4 unspecified atom stereocenters. The van der Waals surface area contributed by atoms with Crippen molar-refractivity contribution in [3.63, 3.8) is 0 Å². The molecule has 0 bridgehead atoms. The van der Waals surface area contributed by atoms with E-state index in [1.54, 1.807) is 37.8 Å². The summed E-state index contributed by atoms with van der Waals surface area (Å²) in [7, 11) is 0. The third-order valence-corrected chi connectivity index (χ3v) is 7.01. The molecular formula is C34H51N3O5. The van der Waals surface area contributed by atoms with E-state index in [-0.39, 0.29) is 36.1 Å². The molecule has 2 aromatic carbocycles. The number of alkyl carbamates (subject to hydrolysis) is 1. The van der Waals surface area contributed by atoms with E-state index in [9.17, 15) is 19.5 Å². The summed E-state index contributed by atoms with van der Waals surface area (Å²) in [4.78, 5) is 43.3. The van der Waals surface area contributed by atoms with E-state index in [0.29, 0.717) is 17.9 Å². The number of carbonyl (C=O) groups is 3. The molecule has 4 atom stereocenters. The van der Waals surface area contributed by atoms with Crippen molar-refractivity contribution in [3.05, 3.63) is 65.7 Å². The maximum atomic E-state index is 14.7. The first-order valence-electron chi connectivity index (χ1n) is 15.2. The first kappa shape index (κ1) is 34.7. The number of carbonyl (C=O) groups excluding carboxylic acids is 3. The molecule has 0 radical (unpaired) electrons. The minimum Gasteiger partial charge on any atom is -0.508 e. The molecule has 2 rings (SSSR count). The predicted octanol–water partition coefficient (Wildman–Crippen LogP) is 6.53. The molecule has 3 N–H and O–H groups in total. The number of hydrogen-bond donors (Lipinski definition) is 3. The van der Waals surface area contributed by atoms with Crippen molar-refractivity contribution in [1.82, 2.24) is 15.5 Å². The summed E-state index contributed by atoms with van der Waals surface area (Å²) >= 11 is 0. The van der Waals surface area contributed by atoms with Gasteiger partial charge in [0.15, 0.2) is 0 Å². The molecule has 8 heteroatoms. The van der Waals surface area contributed by atoms with Crippen LogP contribution >= 0.6 is 0 Å². The standard InChI is InChI=1S/C34H51N3O5/c1-9-13-24(4)35-31(39)30(27-18-20-28(38)21-19-27)37(25(5)17-16-23(2)3)32(40)29(22-26-14-11-10-12-15-26)36-33(41)42-34(6,7)8/h10-12,14-15,18-21,23-25,29-30,38H,9,13,16-17,22H2,1-8H3,(H,35,39)(H,36,41). The maximum Gasteiger partial charge on any atom is 0.408 e. The lowest BCUT2D eigenvalue weighted by molar-refractivity contribution is -0.145. The zero-order valence-electron chi connectivity index (χ0n) is 26.6. The molecule has 0 saturated carbocycles. The molecule has 8 nitrogen and oxygen atoms in total. The van der Waals surface area contributed by atoms with Gasteiger partial charge in [-0.1, -0.05) is 69.7 Å². The van der Waals surface area contributed by atoms with Gasteiger partial charge in [-0.3, -0.25) is 9.59 Å². The summed E-state index contributed by atoms with van der Waals surface area (Å²) in [6.07, 6.45) is 2.74. The van der Waals surface area contributed by atoms with Crippen LogP contribution in [-0.2, 0) is 20.7 Å². The number of phenolic OH excluding ortho intramolecular Hbond substituents is 1. The van der Waals surface area contributed by atoms with Gasteiger partial charge in [-0.2, -0.15) is 0 Å². The average molecular weight is 582 g/mol. The molecule has 0 fully saturated rings. The quantitative estimate of drug-likeness (QED) is 0.235. The Kier molecular flexibility index (Phi) is 13.4. The first-order valence-corrected chi connectivity index (χ1v) is 15.2. The van der Waals surface area contributed by atoms with E-state index in [1.807, 2.05) is 44.2 Å². The van der Waals surface area contributed by atoms with E-state index in [4.69, 9.17) is 4.74 Å². The Bertz CT molecular complexity index is 1130. The van der Waals surface area contributed by atoms with Gasteiger partial charge in [0.2, 0.25) is 11.8 Å². The van der Waals surface area contributed by atoms with Gasteiger partial charge in [0.1, 0.15) is 23.4 Å². The Balaban J connectivity index is 2.63.